The first-order chi connectivity index (χ1) is 12.3. The Kier molecular flexibility index (Phi) is 4.98. The van der Waals surface area contributed by atoms with Crippen molar-refractivity contribution in [1.29, 1.82) is 5.26 Å². The number of nitriles is 1. The van der Waals surface area contributed by atoms with E-state index in [9.17, 15) is 20.2 Å². The number of nitro groups is 1. The van der Waals surface area contributed by atoms with Gasteiger partial charge in [0.25, 0.3) is 0 Å². The van der Waals surface area contributed by atoms with Crippen molar-refractivity contribution in [1.82, 2.24) is 9.78 Å². The summed E-state index contributed by atoms with van der Waals surface area (Å²) in [5, 5.41) is 27.3. The van der Waals surface area contributed by atoms with Crippen LogP contribution in [0.4, 0.5) is 10.8 Å². The Labute approximate surface area is 158 Å². The number of hydrogen-bond donors (Lipinski definition) is 1. The number of nitrogens with one attached hydrogen (secondary N) is 1. The number of amides is 1. The molecule has 1 aliphatic carbocycles. The standard InChI is InChI=1S/C16H16ClN5O3S/c1-8-3-4-10-11(6-18)16(26-12(10)5-8)19-13(23)7-21-9(2)14(17)15(20-21)22(24)25/h8H,3-5,7H2,1-2H3,(H,19,23). The number of halogens is 1. The van der Waals surface area contributed by atoms with E-state index in [0.717, 1.165) is 29.7 Å². The molecule has 1 atom stereocenters. The molecule has 26 heavy (non-hydrogen) atoms. The van der Waals surface area contributed by atoms with Gasteiger partial charge in [0.05, 0.1) is 16.4 Å². The van der Waals surface area contributed by atoms with Gasteiger partial charge in [-0.3, -0.25) is 4.79 Å². The highest BCUT2D eigenvalue weighted by Gasteiger charge is 2.27. The van der Waals surface area contributed by atoms with E-state index in [4.69, 9.17) is 11.6 Å². The normalized spacial score (nSPS) is 16.0. The molecule has 1 aliphatic rings. The van der Waals surface area contributed by atoms with Gasteiger partial charge in [-0.05, 0) is 42.6 Å². The van der Waals surface area contributed by atoms with Gasteiger partial charge in [0.2, 0.25) is 5.91 Å². The minimum Gasteiger partial charge on any atom is -0.358 e. The summed E-state index contributed by atoms with van der Waals surface area (Å²) in [4.78, 5) is 23.7. The lowest BCUT2D eigenvalue weighted by Gasteiger charge is -2.17. The smallest absolute Gasteiger partial charge is 0.358 e. The van der Waals surface area contributed by atoms with Gasteiger partial charge in [-0.1, -0.05) is 18.5 Å². The Morgan fingerprint density at radius 3 is 2.96 bits per heavy atom. The van der Waals surface area contributed by atoms with E-state index in [2.05, 4.69) is 23.4 Å². The molecular weight excluding hydrogens is 378 g/mol. The summed E-state index contributed by atoms with van der Waals surface area (Å²) < 4.78 is 1.19. The van der Waals surface area contributed by atoms with Crippen LogP contribution < -0.4 is 5.32 Å². The van der Waals surface area contributed by atoms with Gasteiger partial charge in [0.1, 0.15) is 17.6 Å². The SMILES string of the molecule is Cc1c(Cl)c([N+](=O)[O-])nn1CC(=O)Nc1sc2c(c1C#N)CCC(C)C2. The predicted octanol–water partition coefficient (Wildman–Crippen LogP) is 3.45. The number of fused-ring (bicyclic) bond motifs is 1. The second kappa shape index (κ2) is 7.05. The number of hydrogen-bond acceptors (Lipinski definition) is 6. The zero-order valence-corrected chi connectivity index (χ0v) is 15.8. The third kappa shape index (κ3) is 3.30. The van der Waals surface area contributed by atoms with Gasteiger partial charge < -0.3 is 15.4 Å². The van der Waals surface area contributed by atoms with Crippen LogP contribution in [-0.4, -0.2) is 20.6 Å². The van der Waals surface area contributed by atoms with Crippen LogP contribution in [0.2, 0.25) is 5.02 Å². The van der Waals surface area contributed by atoms with Crippen LogP contribution in [0, 0.1) is 34.3 Å². The van der Waals surface area contributed by atoms with Crippen molar-refractivity contribution < 1.29 is 9.72 Å². The zero-order chi connectivity index (χ0) is 19.0. The summed E-state index contributed by atoms with van der Waals surface area (Å²) in [5.41, 5.74) is 1.89. The van der Waals surface area contributed by atoms with Crippen LogP contribution >= 0.6 is 22.9 Å². The molecule has 2 aromatic rings. The fraction of sp³-hybridized carbons (Fsp3) is 0.438. The maximum atomic E-state index is 12.4. The maximum Gasteiger partial charge on any atom is 0.408 e. The second-order valence-corrected chi connectivity index (χ2v) is 7.84. The molecule has 3 rings (SSSR count). The minimum absolute atomic E-state index is 0.0823. The first kappa shape index (κ1) is 18.4. The van der Waals surface area contributed by atoms with Gasteiger partial charge in [0, 0.05) is 4.88 Å². The molecule has 0 bridgehead atoms. The molecular formula is C16H16ClN5O3S. The van der Waals surface area contributed by atoms with Crippen molar-refractivity contribution in [3.8, 4) is 6.07 Å². The number of thiophene rings is 1. The molecule has 0 fully saturated rings. The highest BCUT2D eigenvalue weighted by Crippen LogP contribution is 2.39. The van der Waals surface area contributed by atoms with Crippen molar-refractivity contribution in [3.63, 3.8) is 0 Å². The van der Waals surface area contributed by atoms with Gasteiger partial charge >= 0.3 is 5.82 Å². The average molecular weight is 394 g/mol. The molecule has 0 saturated carbocycles. The molecule has 10 heteroatoms. The van der Waals surface area contributed by atoms with Crippen LogP contribution in [-0.2, 0) is 24.2 Å². The van der Waals surface area contributed by atoms with Crippen molar-refractivity contribution in [2.45, 2.75) is 39.7 Å². The van der Waals surface area contributed by atoms with E-state index < -0.39 is 16.6 Å². The quantitative estimate of drug-likeness (QED) is 0.631. The first-order valence-electron chi connectivity index (χ1n) is 8.03. The van der Waals surface area contributed by atoms with E-state index in [1.165, 1.54) is 16.0 Å². The summed E-state index contributed by atoms with van der Waals surface area (Å²) in [6, 6.07) is 2.19. The fourth-order valence-corrected chi connectivity index (χ4v) is 4.62. The molecule has 0 spiro atoms. The summed E-state index contributed by atoms with van der Waals surface area (Å²) in [7, 11) is 0. The Bertz CT molecular complexity index is 943. The summed E-state index contributed by atoms with van der Waals surface area (Å²) in [5.74, 6) is -0.328. The number of anilines is 1. The molecule has 136 valence electrons. The number of rotatable bonds is 4. The number of carbonyl (C=O) groups is 1. The molecule has 2 aromatic heterocycles. The molecule has 0 aliphatic heterocycles. The molecule has 0 saturated heterocycles. The lowest BCUT2D eigenvalue weighted by molar-refractivity contribution is -0.389. The van der Waals surface area contributed by atoms with E-state index in [1.807, 2.05) is 0 Å². The Morgan fingerprint density at radius 2 is 2.35 bits per heavy atom. The van der Waals surface area contributed by atoms with Gasteiger partial charge in [-0.25, -0.2) is 0 Å². The molecule has 1 unspecified atom stereocenters. The van der Waals surface area contributed by atoms with Crippen molar-refractivity contribution in [2.75, 3.05) is 5.32 Å². The van der Waals surface area contributed by atoms with Gasteiger partial charge in [0.15, 0.2) is 5.02 Å². The molecule has 8 nitrogen and oxygen atoms in total. The zero-order valence-electron chi connectivity index (χ0n) is 14.2. The monoisotopic (exact) mass is 393 g/mol. The van der Waals surface area contributed by atoms with Crippen molar-refractivity contribution in [3.05, 3.63) is 36.8 Å². The van der Waals surface area contributed by atoms with Crippen LogP contribution in [0.5, 0.6) is 0 Å². The second-order valence-electron chi connectivity index (χ2n) is 6.35. The fourth-order valence-electron chi connectivity index (χ4n) is 3.04. The largest absolute Gasteiger partial charge is 0.408 e. The Balaban J connectivity index is 1.81. The van der Waals surface area contributed by atoms with Crippen molar-refractivity contribution in [2.24, 2.45) is 5.92 Å². The molecule has 1 amide bonds. The van der Waals surface area contributed by atoms with Crippen LogP contribution in [0.1, 0.15) is 35.0 Å². The number of nitrogens with zero attached hydrogens (tertiary/aromatic N) is 4. The van der Waals surface area contributed by atoms with Gasteiger partial charge in [-0.15, -0.1) is 11.3 Å². The maximum absolute atomic E-state index is 12.4. The van der Waals surface area contributed by atoms with Gasteiger partial charge in [-0.2, -0.15) is 9.94 Å². The number of carbonyl (C=O) groups excluding carboxylic acids is 1. The lowest BCUT2D eigenvalue weighted by atomic mass is 9.89. The molecule has 0 aromatic carbocycles. The van der Waals surface area contributed by atoms with Crippen LogP contribution in [0.3, 0.4) is 0 Å². The molecule has 1 N–H and O–H groups in total. The molecule has 2 heterocycles. The van der Waals surface area contributed by atoms with Crippen molar-refractivity contribution >= 4 is 39.7 Å². The van der Waals surface area contributed by atoms with E-state index in [1.54, 1.807) is 6.92 Å². The third-order valence-electron chi connectivity index (χ3n) is 4.46. The predicted molar refractivity (Wildman–Crippen MR) is 97.5 cm³/mol. The third-order valence-corrected chi connectivity index (χ3v) is 6.07. The Hall–Kier alpha value is -2.44. The molecule has 0 radical (unpaired) electrons. The van der Waals surface area contributed by atoms with Crippen LogP contribution in [0.15, 0.2) is 0 Å². The lowest BCUT2D eigenvalue weighted by Crippen LogP contribution is -2.20. The van der Waals surface area contributed by atoms with E-state index in [0.29, 0.717) is 22.2 Å². The van der Waals surface area contributed by atoms with Crippen LogP contribution in [0.25, 0.3) is 0 Å². The summed E-state index contributed by atoms with van der Waals surface area (Å²) >= 11 is 7.31. The first-order valence-corrected chi connectivity index (χ1v) is 9.23. The topological polar surface area (TPSA) is 114 Å². The number of aromatic nitrogens is 2. The summed E-state index contributed by atoms with van der Waals surface area (Å²) in [6.07, 6.45) is 2.77. The average Bonchev–Trinajstić information content (AvgIpc) is 3.05. The minimum atomic E-state index is -0.688. The highest BCUT2D eigenvalue weighted by atomic mass is 35.5. The van der Waals surface area contributed by atoms with E-state index >= 15 is 0 Å². The van der Waals surface area contributed by atoms with E-state index in [-0.39, 0.29) is 11.6 Å². The highest BCUT2D eigenvalue weighted by molar-refractivity contribution is 7.16. The summed E-state index contributed by atoms with van der Waals surface area (Å²) in [6.45, 7) is 3.51. The Morgan fingerprint density at radius 1 is 1.62 bits per heavy atom.